The summed E-state index contributed by atoms with van der Waals surface area (Å²) < 4.78 is 3.19. The van der Waals surface area contributed by atoms with Crippen LogP contribution < -0.4 is 5.32 Å². The van der Waals surface area contributed by atoms with E-state index in [4.69, 9.17) is 0 Å². The second kappa shape index (κ2) is 7.57. The van der Waals surface area contributed by atoms with Crippen LogP contribution in [0.1, 0.15) is 0 Å². The average molecular weight is 187 g/mol. The minimum absolute atomic E-state index is 1.16. The fraction of sp³-hybridized carbons (Fsp3) is 1.00. The summed E-state index contributed by atoms with van der Waals surface area (Å²) >= 11 is 8.53. The Morgan fingerprint density at radius 1 is 1.30 bits per heavy atom. The third kappa shape index (κ3) is 6.58. The quantitative estimate of drug-likeness (QED) is 0.607. The van der Waals surface area contributed by atoms with Crippen molar-refractivity contribution in [1.82, 2.24) is 10.2 Å². The van der Waals surface area contributed by atoms with Gasteiger partial charge in [-0.05, 0) is 7.05 Å². The zero-order valence-electron chi connectivity index (χ0n) is 5.94. The lowest BCUT2D eigenvalue weighted by molar-refractivity contribution is 0.291. The number of nitrogens with one attached hydrogen (secondary N) is 1. The predicted molar refractivity (Wildman–Crippen MR) is 43.2 cm³/mol. The Bertz CT molecular complexity index is 68.7. The number of hydrogen-bond acceptors (Lipinski definition) is 3. The van der Waals surface area contributed by atoms with Crippen LogP contribution in [0.4, 0.5) is 0 Å². The summed E-state index contributed by atoms with van der Waals surface area (Å²) in [5.41, 5.74) is 0. The highest BCUT2D eigenvalue weighted by atomic mass is 35.6. The maximum absolute atomic E-state index is 4.26. The van der Waals surface area contributed by atoms with Gasteiger partial charge >= 0.3 is 0 Å². The van der Waals surface area contributed by atoms with Crippen molar-refractivity contribution in [2.45, 2.75) is 0 Å². The first-order valence-electron chi connectivity index (χ1n) is 3.10. The summed E-state index contributed by atoms with van der Waals surface area (Å²) in [5, 5.41) is 3.27. The predicted octanol–water partition coefficient (Wildman–Crippen LogP) is 0.832. The van der Waals surface area contributed by atoms with Crippen molar-refractivity contribution >= 4 is 23.7 Å². The van der Waals surface area contributed by atoms with Gasteiger partial charge in [-0.3, -0.25) is 0 Å². The van der Waals surface area contributed by atoms with E-state index in [2.05, 4.69) is 44.8 Å². The minimum atomic E-state index is 1.16. The fourth-order valence-electron chi connectivity index (χ4n) is 0.777. The number of halogens is 2. The Hall–Kier alpha value is 0.460. The van der Waals surface area contributed by atoms with Crippen LogP contribution in [0.2, 0.25) is 0 Å². The van der Waals surface area contributed by atoms with Crippen LogP contribution in [-0.2, 0) is 3.84 Å². The molecule has 0 unspecified atom stereocenters. The topological polar surface area (TPSA) is 24.5 Å². The van der Waals surface area contributed by atoms with Crippen LogP contribution in [-0.4, -0.2) is 38.1 Å². The van der Waals surface area contributed by atoms with Crippen molar-refractivity contribution in [3.63, 3.8) is 0 Å². The molecule has 1 N–H and O–H groups in total. The van der Waals surface area contributed by atoms with Crippen LogP contribution in [0.15, 0.2) is 0 Å². The summed E-state index contributed by atoms with van der Waals surface area (Å²) in [6, 6.07) is 0. The normalized spacial score (nSPS) is 19.5. The van der Waals surface area contributed by atoms with Gasteiger partial charge in [0.1, 0.15) is 0 Å². The third-order valence-electron chi connectivity index (χ3n) is 1.34. The molecule has 1 aliphatic heterocycles. The van der Waals surface area contributed by atoms with E-state index in [1.807, 2.05) is 0 Å². The van der Waals surface area contributed by atoms with E-state index in [1.54, 1.807) is 0 Å². The molecule has 0 spiro atoms. The van der Waals surface area contributed by atoms with E-state index in [1.165, 1.54) is 13.1 Å². The average Bonchev–Trinajstić information content (AvgIpc) is 1.91. The lowest BCUT2D eigenvalue weighted by Crippen LogP contribution is -2.40. The number of likely N-dealkylation sites (N-methyl/N-ethyl adjacent to an activating group) is 1. The second-order valence-electron chi connectivity index (χ2n) is 2.11. The lowest BCUT2D eigenvalue weighted by Gasteiger charge is -2.21. The van der Waals surface area contributed by atoms with Crippen molar-refractivity contribution in [3.8, 4) is 0 Å². The zero-order valence-corrected chi connectivity index (χ0v) is 7.45. The molecule has 0 aromatic carbocycles. The van der Waals surface area contributed by atoms with Gasteiger partial charge in [-0.1, -0.05) is 0 Å². The summed E-state index contributed by atoms with van der Waals surface area (Å²) in [5.74, 6) is 0. The molecule has 3 nitrogen and oxygen atoms in total. The SMILES string of the molecule is CN1CCNCC1.ClOCl. The Morgan fingerprint density at radius 2 is 1.70 bits per heavy atom. The van der Waals surface area contributed by atoms with E-state index in [9.17, 15) is 0 Å². The van der Waals surface area contributed by atoms with Gasteiger partial charge in [-0.25, -0.2) is 0 Å². The number of hydrogen-bond donors (Lipinski definition) is 1. The van der Waals surface area contributed by atoms with Crippen LogP contribution in [0.25, 0.3) is 0 Å². The van der Waals surface area contributed by atoms with Crippen molar-refractivity contribution in [3.05, 3.63) is 0 Å². The molecule has 1 rings (SSSR count). The molecule has 5 heteroatoms. The molecule has 0 amide bonds. The van der Waals surface area contributed by atoms with Gasteiger partial charge in [-0.2, -0.15) is 3.84 Å². The van der Waals surface area contributed by atoms with E-state index in [0.29, 0.717) is 0 Å². The molecule has 0 radical (unpaired) electrons. The van der Waals surface area contributed by atoms with Crippen LogP contribution >= 0.6 is 23.7 Å². The molecule has 62 valence electrons. The summed E-state index contributed by atoms with van der Waals surface area (Å²) in [4.78, 5) is 2.33. The first-order valence-corrected chi connectivity index (χ1v) is 3.71. The molecular weight excluding hydrogens is 175 g/mol. The van der Waals surface area contributed by atoms with E-state index in [0.717, 1.165) is 13.1 Å². The maximum atomic E-state index is 4.26. The van der Waals surface area contributed by atoms with Crippen LogP contribution in [0, 0.1) is 0 Å². The summed E-state index contributed by atoms with van der Waals surface area (Å²) in [7, 11) is 2.15. The smallest absolute Gasteiger partial charge is 0.0832 e. The first-order chi connectivity index (χ1) is 4.81. The highest BCUT2D eigenvalue weighted by molar-refractivity contribution is 6.24. The molecular formula is C5H12Cl2N2O. The maximum Gasteiger partial charge on any atom is 0.0832 e. The molecule has 0 aromatic heterocycles. The van der Waals surface area contributed by atoms with Crippen molar-refractivity contribution in [2.24, 2.45) is 0 Å². The molecule has 0 atom stereocenters. The van der Waals surface area contributed by atoms with Gasteiger partial charge in [-0.15, -0.1) is 0 Å². The van der Waals surface area contributed by atoms with Gasteiger partial charge in [0.25, 0.3) is 0 Å². The van der Waals surface area contributed by atoms with Gasteiger partial charge < -0.3 is 10.2 Å². The zero-order chi connectivity index (χ0) is 7.82. The largest absolute Gasteiger partial charge is 0.314 e. The van der Waals surface area contributed by atoms with Gasteiger partial charge in [0, 0.05) is 26.2 Å². The highest BCUT2D eigenvalue weighted by Gasteiger charge is 2.01. The highest BCUT2D eigenvalue weighted by Crippen LogP contribution is 1.83. The van der Waals surface area contributed by atoms with Crippen LogP contribution in [0.3, 0.4) is 0 Å². The minimum Gasteiger partial charge on any atom is -0.314 e. The molecule has 0 bridgehead atoms. The molecule has 10 heavy (non-hydrogen) atoms. The molecule has 1 saturated heterocycles. The van der Waals surface area contributed by atoms with E-state index >= 15 is 0 Å². The Labute approximate surface area is 71.6 Å². The Morgan fingerprint density at radius 3 is 1.90 bits per heavy atom. The summed E-state index contributed by atoms with van der Waals surface area (Å²) in [6.07, 6.45) is 0. The molecule has 1 fully saturated rings. The van der Waals surface area contributed by atoms with Crippen molar-refractivity contribution < 1.29 is 3.84 Å². The van der Waals surface area contributed by atoms with E-state index < -0.39 is 0 Å². The Balaban J connectivity index is 0.000000236. The second-order valence-corrected chi connectivity index (χ2v) is 2.58. The van der Waals surface area contributed by atoms with Crippen molar-refractivity contribution in [2.75, 3.05) is 33.2 Å². The standard InChI is InChI=1S/C5H12N2.Cl2O/c1-7-4-2-6-3-5-7;1-3-2/h6H,2-5H2,1H3;. The number of piperazine rings is 1. The van der Waals surface area contributed by atoms with Crippen LogP contribution in [0.5, 0.6) is 0 Å². The van der Waals surface area contributed by atoms with E-state index in [-0.39, 0.29) is 0 Å². The van der Waals surface area contributed by atoms with Gasteiger partial charge in [0.15, 0.2) is 0 Å². The number of nitrogens with zero attached hydrogens (tertiary/aromatic N) is 1. The third-order valence-corrected chi connectivity index (χ3v) is 1.34. The Kier molecular flexibility index (Phi) is 7.91. The first kappa shape index (κ1) is 10.5. The molecule has 0 aliphatic carbocycles. The molecule has 1 heterocycles. The fourth-order valence-corrected chi connectivity index (χ4v) is 0.777. The monoisotopic (exact) mass is 186 g/mol. The number of rotatable bonds is 0. The molecule has 1 aliphatic rings. The summed E-state index contributed by atoms with van der Waals surface area (Å²) in [6.45, 7) is 4.74. The lowest BCUT2D eigenvalue weighted by atomic mass is 10.4. The molecule has 0 aromatic rings. The molecule has 0 saturated carbocycles. The van der Waals surface area contributed by atoms with Gasteiger partial charge in [0.05, 0.1) is 23.7 Å². The van der Waals surface area contributed by atoms with Gasteiger partial charge in [0.2, 0.25) is 0 Å². The van der Waals surface area contributed by atoms with Crippen molar-refractivity contribution in [1.29, 1.82) is 0 Å².